The van der Waals surface area contributed by atoms with E-state index < -0.39 is 29.6 Å². The summed E-state index contributed by atoms with van der Waals surface area (Å²) < 4.78 is 34.8. The van der Waals surface area contributed by atoms with Crippen molar-refractivity contribution in [1.82, 2.24) is 4.90 Å². The Kier molecular flexibility index (Phi) is 6.67. The van der Waals surface area contributed by atoms with Gasteiger partial charge in [-0.25, -0.2) is 8.78 Å². The van der Waals surface area contributed by atoms with E-state index >= 15 is 0 Å². The molecule has 0 spiro atoms. The van der Waals surface area contributed by atoms with Crippen LogP contribution in [-0.4, -0.2) is 35.7 Å². The molecule has 0 aromatic heterocycles. The van der Waals surface area contributed by atoms with Crippen LogP contribution in [0.25, 0.3) is 0 Å². The Hall–Kier alpha value is -1.99. The molecule has 0 amide bonds. The normalized spacial score (nSPS) is 16.7. The van der Waals surface area contributed by atoms with Gasteiger partial charge in [-0.3, -0.25) is 9.69 Å². The molecule has 1 saturated heterocycles. The zero-order valence-electron chi connectivity index (χ0n) is 15.5. The van der Waals surface area contributed by atoms with Crippen molar-refractivity contribution in [3.05, 3.63) is 63.6 Å². The van der Waals surface area contributed by atoms with Gasteiger partial charge in [-0.1, -0.05) is 22.0 Å². The molecule has 7 heteroatoms. The Bertz CT molecular complexity index is 854. The quantitative estimate of drug-likeness (QED) is 0.667. The molecule has 1 fully saturated rings. The lowest BCUT2D eigenvalue weighted by Gasteiger charge is -2.37. The van der Waals surface area contributed by atoms with Crippen LogP contribution >= 0.6 is 15.9 Å². The van der Waals surface area contributed by atoms with Crippen LogP contribution < -0.4 is 4.74 Å². The number of piperidine rings is 1. The minimum absolute atomic E-state index is 0.342. The third-order valence-electron chi connectivity index (χ3n) is 5.07. The Morgan fingerprint density at radius 2 is 1.93 bits per heavy atom. The van der Waals surface area contributed by atoms with Crippen molar-refractivity contribution in [3.8, 4) is 5.75 Å². The van der Waals surface area contributed by atoms with E-state index in [0.717, 1.165) is 16.1 Å². The van der Waals surface area contributed by atoms with Crippen LogP contribution in [0.5, 0.6) is 5.75 Å². The van der Waals surface area contributed by atoms with E-state index in [2.05, 4.69) is 15.9 Å². The van der Waals surface area contributed by atoms with Gasteiger partial charge in [-0.2, -0.15) is 0 Å². The average Bonchev–Trinajstić information content (AvgIpc) is 2.66. The molecule has 4 nitrogen and oxygen atoms in total. The number of carboxylic acid groups (broad SMARTS) is 1. The van der Waals surface area contributed by atoms with Gasteiger partial charge in [0.15, 0.2) is 0 Å². The van der Waals surface area contributed by atoms with Gasteiger partial charge >= 0.3 is 5.97 Å². The zero-order chi connectivity index (χ0) is 20.3. The molecule has 1 heterocycles. The van der Waals surface area contributed by atoms with Gasteiger partial charge in [0, 0.05) is 21.7 Å². The first-order valence-electron chi connectivity index (χ1n) is 9.24. The van der Waals surface area contributed by atoms with Gasteiger partial charge in [0.25, 0.3) is 0 Å². The standard InChI is InChI=1S/C21H22BrF2NO3/c1-2-28-19-6-3-14(22)11-17(19)20(16-5-4-15(23)12-18(16)24)25-9-7-13(8-10-25)21(26)27/h3-6,11-13,20H,2,7-10H2,1H3,(H,26,27). The molecule has 3 rings (SSSR count). The summed E-state index contributed by atoms with van der Waals surface area (Å²) in [7, 11) is 0. The predicted molar refractivity (Wildman–Crippen MR) is 105 cm³/mol. The van der Waals surface area contributed by atoms with Crippen LogP contribution in [0, 0.1) is 17.6 Å². The number of benzene rings is 2. The number of ether oxygens (including phenoxy) is 1. The number of halogens is 3. The first kappa shape index (κ1) is 20.7. The lowest BCUT2D eigenvalue weighted by molar-refractivity contribution is -0.143. The number of carbonyl (C=O) groups is 1. The molecule has 0 aliphatic carbocycles. The summed E-state index contributed by atoms with van der Waals surface area (Å²) >= 11 is 3.47. The maximum atomic E-state index is 14.8. The molecular weight excluding hydrogens is 432 g/mol. The summed E-state index contributed by atoms with van der Waals surface area (Å²) in [6.07, 6.45) is 0.958. The van der Waals surface area contributed by atoms with E-state index in [0.29, 0.717) is 43.9 Å². The van der Waals surface area contributed by atoms with Crippen molar-refractivity contribution in [2.24, 2.45) is 5.92 Å². The van der Waals surface area contributed by atoms with E-state index in [1.165, 1.54) is 12.1 Å². The fraction of sp³-hybridized carbons (Fsp3) is 0.381. The van der Waals surface area contributed by atoms with Crippen LogP contribution in [-0.2, 0) is 4.79 Å². The molecule has 0 radical (unpaired) electrons. The number of carboxylic acids is 1. The highest BCUT2D eigenvalue weighted by molar-refractivity contribution is 9.10. The Balaban J connectivity index is 2.06. The summed E-state index contributed by atoms with van der Waals surface area (Å²) in [5.41, 5.74) is 1.10. The third-order valence-corrected chi connectivity index (χ3v) is 5.56. The van der Waals surface area contributed by atoms with Gasteiger partial charge in [0.2, 0.25) is 0 Å². The van der Waals surface area contributed by atoms with Crippen molar-refractivity contribution >= 4 is 21.9 Å². The molecular formula is C21H22BrF2NO3. The fourth-order valence-electron chi connectivity index (χ4n) is 3.71. The molecule has 1 aliphatic heterocycles. The summed E-state index contributed by atoms with van der Waals surface area (Å²) in [6, 6.07) is 8.62. The largest absolute Gasteiger partial charge is 0.494 e. The van der Waals surface area contributed by atoms with Crippen LogP contribution in [0.15, 0.2) is 40.9 Å². The Morgan fingerprint density at radius 1 is 1.21 bits per heavy atom. The average molecular weight is 454 g/mol. The molecule has 1 atom stereocenters. The minimum Gasteiger partial charge on any atom is -0.494 e. The molecule has 2 aromatic rings. The fourth-order valence-corrected chi connectivity index (χ4v) is 4.09. The maximum Gasteiger partial charge on any atom is 0.306 e. The van der Waals surface area contributed by atoms with E-state index in [1.807, 2.05) is 30.0 Å². The highest BCUT2D eigenvalue weighted by Crippen LogP contribution is 2.39. The second-order valence-electron chi connectivity index (χ2n) is 6.83. The topological polar surface area (TPSA) is 49.8 Å². The van der Waals surface area contributed by atoms with Gasteiger partial charge in [-0.15, -0.1) is 0 Å². The number of hydrogen-bond acceptors (Lipinski definition) is 3. The second-order valence-corrected chi connectivity index (χ2v) is 7.75. The Morgan fingerprint density at radius 3 is 2.54 bits per heavy atom. The summed E-state index contributed by atoms with van der Waals surface area (Å²) in [5.74, 6) is -1.85. The number of rotatable bonds is 6. The number of aliphatic carboxylic acids is 1. The minimum atomic E-state index is -0.804. The predicted octanol–water partition coefficient (Wildman–Crippen LogP) is 5.01. The third kappa shape index (κ3) is 4.52. The van der Waals surface area contributed by atoms with Gasteiger partial charge in [0.05, 0.1) is 18.6 Å². The molecule has 1 aliphatic rings. The van der Waals surface area contributed by atoms with E-state index in [1.54, 1.807) is 0 Å². The van der Waals surface area contributed by atoms with Crippen LogP contribution in [0.3, 0.4) is 0 Å². The molecule has 1 unspecified atom stereocenters. The number of nitrogens with zero attached hydrogens (tertiary/aromatic N) is 1. The number of likely N-dealkylation sites (tertiary alicyclic amines) is 1. The van der Waals surface area contributed by atoms with E-state index in [9.17, 15) is 18.7 Å². The van der Waals surface area contributed by atoms with Crippen molar-refractivity contribution in [1.29, 1.82) is 0 Å². The molecule has 150 valence electrons. The monoisotopic (exact) mass is 453 g/mol. The second kappa shape index (κ2) is 9.01. The first-order chi connectivity index (χ1) is 13.4. The van der Waals surface area contributed by atoms with Crippen LogP contribution in [0.4, 0.5) is 8.78 Å². The molecule has 28 heavy (non-hydrogen) atoms. The summed E-state index contributed by atoms with van der Waals surface area (Å²) in [4.78, 5) is 13.3. The zero-order valence-corrected chi connectivity index (χ0v) is 17.1. The lowest BCUT2D eigenvalue weighted by atomic mass is 9.90. The van der Waals surface area contributed by atoms with Crippen molar-refractivity contribution in [2.75, 3.05) is 19.7 Å². The van der Waals surface area contributed by atoms with E-state index in [4.69, 9.17) is 4.74 Å². The van der Waals surface area contributed by atoms with Crippen molar-refractivity contribution < 1.29 is 23.4 Å². The van der Waals surface area contributed by atoms with Gasteiger partial charge in [0.1, 0.15) is 17.4 Å². The summed E-state index contributed by atoms with van der Waals surface area (Å²) in [5, 5.41) is 9.28. The van der Waals surface area contributed by atoms with E-state index in [-0.39, 0.29) is 0 Å². The van der Waals surface area contributed by atoms with Gasteiger partial charge in [-0.05, 0) is 57.1 Å². The smallest absolute Gasteiger partial charge is 0.306 e. The van der Waals surface area contributed by atoms with Gasteiger partial charge < -0.3 is 9.84 Å². The highest BCUT2D eigenvalue weighted by Gasteiger charge is 2.33. The maximum absolute atomic E-state index is 14.8. The SMILES string of the molecule is CCOc1ccc(Br)cc1C(c1ccc(F)cc1F)N1CCC(C(=O)O)CC1. The van der Waals surface area contributed by atoms with Crippen molar-refractivity contribution in [3.63, 3.8) is 0 Å². The molecule has 0 bridgehead atoms. The molecule has 1 N–H and O–H groups in total. The molecule has 2 aromatic carbocycles. The highest BCUT2D eigenvalue weighted by atomic mass is 79.9. The Labute approximate surface area is 171 Å². The van der Waals surface area contributed by atoms with Crippen molar-refractivity contribution in [2.45, 2.75) is 25.8 Å². The lowest BCUT2D eigenvalue weighted by Crippen LogP contribution is -2.39. The number of hydrogen-bond donors (Lipinski definition) is 1. The van der Waals surface area contributed by atoms with Crippen LogP contribution in [0.1, 0.15) is 36.9 Å². The summed E-state index contributed by atoms with van der Waals surface area (Å²) in [6.45, 7) is 3.32. The molecule has 0 saturated carbocycles. The van der Waals surface area contributed by atoms with Crippen LogP contribution in [0.2, 0.25) is 0 Å². The first-order valence-corrected chi connectivity index (χ1v) is 10.0.